The van der Waals surface area contributed by atoms with Crippen molar-refractivity contribution in [3.05, 3.63) is 24.0 Å². The van der Waals surface area contributed by atoms with Crippen molar-refractivity contribution in [3.8, 4) is 0 Å². The Balaban J connectivity index is 1.53. The maximum Gasteiger partial charge on any atom is 0.319 e. The van der Waals surface area contributed by atoms with Gasteiger partial charge in [0.25, 0.3) is 5.91 Å². The molecule has 2 N–H and O–H groups in total. The van der Waals surface area contributed by atoms with Gasteiger partial charge in [0.15, 0.2) is 0 Å². The van der Waals surface area contributed by atoms with Crippen LogP contribution in [0.4, 0.5) is 10.5 Å². The van der Waals surface area contributed by atoms with E-state index in [2.05, 4.69) is 15.6 Å². The van der Waals surface area contributed by atoms with E-state index in [9.17, 15) is 9.59 Å². The zero-order chi connectivity index (χ0) is 16.2. The summed E-state index contributed by atoms with van der Waals surface area (Å²) in [4.78, 5) is 30.3. The lowest BCUT2D eigenvalue weighted by Gasteiger charge is -2.26. The molecule has 1 aromatic rings. The number of rotatable bonds is 4. The molecular formula is C17H24N4O2. The van der Waals surface area contributed by atoms with E-state index in [4.69, 9.17) is 0 Å². The fraction of sp³-hybridized carbons (Fsp3) is 0.588. The van der Waals surface area contributed by atoms with Crippen LogP contribution in [0.3, 0.4) is 0 Å². The van der Waals surface area contributed by atoms with E-state index in [0.717, 1.165) is 25.9 Å². The molecule has 1 atom stereocenters. The summed E-state index contributed by atoms with van der Waals surface area (Å²) in [6.45, 7) is 3.64. The number of hydrogen-bond donors (Lipinski definition) is 2. The molecule has 2 fully saturated rings. The molecule has 1 aromatic heterocycles. The first-order valence-electron chi connectivity index (χ1n) is 8.46. The maximum atomic E-state index is 12.3. The Kier molecular flexibility index (Phi) is 4.79. The van der Waals surface area contributed by atoms with Crippen LogP contribution in [0, 0.1) is 5.92 Å². The summed E-state index contributed by atoms with van der Waals surface area (Å²) < 4.78 is 0. The molecule has 0 unspecified atom stereocenters. The minimum atomic E-state index is -0.221. The average molecular weight is 316 g/mol. The SMILES string of the molecule is C[C@@H](NC(=O)Nc1ccc(C(=O)N2CCCCC2)nc1)C1CC1. The van der Waals surface area contributed by atoms with E-state index in [-0.39, 0.29) is 18.0 Å². The highest BCUT2D eigenvalue weighted by atomic mass is 16.2. The number of pyridine rings is 1. The first kappa shape index (κ1) is 15.8. The van der Waals surface area contributed by atoms with Crippen molar-refractivity contribution < 1.29 is 9.59 Å². The fourth-order valence-electron chi connectivity index (χ4n) is 2.94. The van der Waals surface area contributed by atoms with Crippen molar-refractivity contribution in [2.75, 3.05) is 18.4 Å². The van der Waals surface area contributed by atoms with Crippen LogP contribution in [0.5, 0.6) is 0 Å². The molecule has 0 radical (unpaired) electrons. The van der Waals surface area contributed by atoms with Gasteiger partial charge < -0.3 is 15.5 Å². The molecule has 6 heteroatoms. The predicted molar refractivity (Wildman–Crippen MR) is 88.3 cm³/mol. The minimum Gasteiger partial charge on any atom is -0.337 e. The lowest BCUT2D eigenvalue weighted by atomic mass is 10.1. The van der Waals surface area contributed by atoms with Crippen LogP contribution in [-0.4, -0.2) is 41.0 Å². The Morgan fingerprint density at radius 1 is 1.22 bits per heavy atom. The van der Waals surface area contributed by atoms with Crippen LogP contribution < -0.4 is 10.6 Å². The Hall–Kier alpha value is -2.11. The van der Waals surface area contributed by atoms with Crippen molar-refractivity contribution in [1.29, 1.82) is 0 Å². The second-order valence-electron chi connectivity index (χ2n) is 6.51. The van der Waals surface area contributed by atoms with Crippen molar-refractivity contribution in [2.24, 2.45) is 5.92 Å². The summed E-state index contributed by atoms with van der Waals surface area (Å²) >= 11 is 0. The van der Waals surface area contributed by atoms with Crippen molar-refractivity contribution >= 4 is 17.6 Å². The number of likely N-dealkylation sites (tertiary alicyclic amines) is 1. The highest BCUT2D eigenvalue weighted by molar-refractivity contribution is 5.93. The smallest absolute Gasteiger partial charge is 0.319 e. The Labute approximate surface area is 136 Å². The van der Waals surface area contributed by atoms with Gasteiger partial charge in [0, 0.05) is 19.1 Å². The molecule has 0 spiro atoms. The third-order valence-corrected chi connectivity index (χ3v) is 4.57. The first-order chi connectivity index (χ1) is 11.1. The summed E-state index contributed by atoms with van der Waals surface area (Å²) in [7, 11) is 0. The van der Waals surface area contributed by atoms with Gasteiger partial charge in [-0.1, -0.05) is 0 Å². The Bertz CT molecular complexity index is 562. The van der Waals surface area contributed by atoms with Crippen molar-refractivity contribution in [3.63, 3.8) is 0 Å². The minimum absolute atomic E-state index is 0.0249. The predicted octanol–water partition coefficient (Wildman–Crippen LogP) is 2.63. The second-order valence-corrected chi connectivity index (χ2v) is 6.51. The molecule has 1 aliphatic carbocycles. The number of urea groups is 1. The monoisotopic (exact) mass is 316 g/mol. The average Bonchev–Trinajstić information content (AvgIpc) is 3.40. The summed E-state index contributed by atoms with van der Waals surface area (Å²) in [6.07, 6.45) is 7.23. The van der Waals surface area contributed by atoms with Gasteiger partial charge in [0.1, 0.15) is 5.69 Å². The summed E-state index contributed by atoms with van der Waals surface area (Å²) in [5.74, 6) is 0.589. The summed E-state index contributed by atoms with van der Waals surface area (Å²) in [5, 5.41) is 5.69. The third kappa shape index (κ3) is 4.21. The second kappa shape index (κ2) is 6.98. The number of hydrogen-bond acceptors (Lipinski definition) is 3. The van der Waals surface area contributed by atoms with Crippen LogP contribution in [-0.2, 0) is 0 Å². The van der Waals surface area contributed by atoms with Gasteiger partial charge in [-0.15, -0.1) is 0 Å². The van der Waals surface area contributed by atoms with Crippen LogP contribution in [0.25, 0.3) is 0 Å². The van der Waals surface area contributed by atoms with Crippen LogP contribution in [0.1, 0.15) is 49.5 Å². The molecule has 1 aliphatic heterocycles. The highest BCUT2D eigenvalue weighted by Gasteiger charge is 2.28. The molecule has 1 saturated carbocycles. The van der Waals surface area contributed by atoms with Gasteiger partial charge >= 0.3 is 6.03 Å². The number of amides is 3. The third-order valence-electron chi connectivity index (χ3n) is 4.57. The standard InChI is InChI=1S/C17H24N4O2/c1-12(13-5-6-13)19-17(23)20-14-7-8-15(18-11-14)16(22)21-9-3-2-4-10-21/h7-8,11-13H,2-6,9-10H2,1H3,(H2,19,20,23)/t12-/m1/s1. The molecule has 124 valence electrons. The van der Waals surface area contributed by atoms with Crippen molar-refractivity contribution in [2.45, 2.75) is 45.1 Å². The van der Waals surface area contributed by atoms with Gasteiger partial charge in [-0.05, 0) is 57.1 Å². The van der Waals surface area contributed by atoms with E-state index in [0.29, 0.717) is 17.3 Å². The van der Waals surface area contributed by atoms with Gasteiger partial charge in [0.05, 0.1) is 11.9 Å². The molecule has 3 rings (SSSR count). The van der Waals surface area contributed by atoms with Gasteiger partial charge in [-0.3, -0.25) is 4.79 Å². The van der Waals surface area contributed by atoms with Gasteiger partial charge in [0.2, 0.25) is 0 Å². The molecular weight excluding hydrogens is 292 g/mol. The molecule has 6 nitrogen and oxygen atoms in total. The van der Waals surface area contributed by atoms with E-state index >= 15 is 0 Å². The zero-order valence-corrected chi connectivity index (χ0v) is 13.5. The number of anilines is 1. The highest BCUT2D eigenvalue weighted by Crippen LogP contribution is 2.32. The molecule has 3 amide bonds. The zero-order valence-electron chi connectivity index (χ0n) is 13.5. The molecule has 1 saturated heterocycles. The molecule has 2 heterocycles. The van der Waals surface area contributed by atoms with E-state index in [1.807, 2.05) is 11.8 Å². The quantitative estimate of drug-likeness (QED) is 0.896. The number of nitrogens with zero attached hydrogens (tertiary/aromatic N) is 2. The van der Waals surface area contributed by atoms with Gasteiger partial charge in [-0.25, -0.2) is 9.78 Å². The normalized spacial score (nSPS) is 19.1. The van der Waals surface area contributed by atoms with E-state index < -0.39 is 0 Å². The van der Waals surface area contributed by atoms with Crippen LogP contribution >= 0.6 is 0 Å². The molecule has 2 aliphatic rings. The number of carbonyl (C=O) groups is 2. The fourth-order valence-corrected chi connectivity index (χ4v) is 2.94. The molecule has 0 bridgehead atoms. The number of nitrogens with one attached hydrogen (secondary N) is 2. The summed E-state index contributed by atoms with van der Waals surface area (Å²) in [5.41, 5.74) is 1.03. The van der Waals surface area contributed by atoms with E-state index in [1.54, 1.807) is 18.3 Å². The number of piperidine rings is 1. The lowest BCUT2D eigenvalue weighted by Crippen LogP contribution is -2.37. The Morgan fingerprint density at radius 3 is 2.57 bits per heavy atom. The van der Waals surface area contributed by atoms with E-state index in [1.165, 1.54) is 19.3 Å². The van der Waals surface area contributed by atoms with Crippen LogP contribution in [0.15, 0.2) is 18.3 Å². The maximum absolute atomic E-state index is 12.3. The largest absolute Gasteiger partial charge is 0.337 e. The van der Waals surface area contributed by atoms with Gasteiger partial charge in [-0.2, -0.15) is 0 Å². The first-order valence-corrected chi connectivity index (χ1v) is 8.46. The molecule has 0 aromatic carbocycles. The molecule has 23 heavy (non-hydrogen) atoms. The number of carbonyl (C=O) groups excluding carboxylic acids is 2. The Morgan fingerprint density at radius 2 is 1.96 bits per heavy atom. The topological polar surface area (TPSA) is 74.3 Å². The number of aromatic nitrogens is 1. The lowest BCUT2D eigenvalue weighted by molar-refractivity contribution is 0.0718. The summed E-state index contributed by atoms with van der Waals surface area (Å²) in [6, 6.07) is 3.38. The van der Waals surface area contributed by atoms with Crippen molar-refractivity contribution in [1.82, 2.24) is 15.2 Å². The van der Waals surface area contributed by atoms with Crippen LogP contribution in [0.2, 0.25) is 0 Å².